The number of aliphatic hydroxyl groups is 1. The highest BCUT2D eigenvalue weighted by Crippen LogP contribution is 2.72. The quantitative estimate of drug-likeness (QED) is 0.825. The van der Waals surface area contributed by atoms with Crippen molar-refractivity contribution in [2.24, 2.45) is 28.4 Å². The smallest absolute Gasteiger partial charge is 0.0594 e. The predicted molar refractivity (Wildman–Crippen MR) is 84.0 cm³/mol. The summed E-state index contributed by atoms with van der Waals surface area (Å²) in [5.41, 5.74) is 6.72. The lowest BCUT2D eigenvalue weighted by Gasteiger charge is -2.59. The molecule has 2 bridgehead atoms. The maximum Gasteiger partial charge on any atom is 0.0594 e. The van der Waals surface area contributed by atoms with Gasteiger partial charge in [0.05, 0.1) is 13.2 Å². The van der Waals surface area contributed by atoms with E-state index in [2.05, 4.69) is 25.7 Å². The van der Waals surface area contributed by atoms with E-state index in [1.165, 1.54) is 19.3 Å². The van der Waals surface area contributed by atoms with Crippen molar-refractivity contribution in [3.05, 3.63) is 0 Å². The lowest BCUT2D eigenvalue weighted by Crippen LogP contribution is -2.67. The number of aliphatic hydroxyl groups excluding tert-OH is 1. The maximum atomic E-state index is 10.1. The largest absolute Gasteiger partial charge is 0.396 e. The second kappa shape index (κ2) is 5.19. The minimum Gasteiger partial charge on any atom is -0.396 e. The summed E-state index contributed by atoms with van der Waals surface area (Å²) in [4.78, 5) is 2.63. The van der Waals surface area contributed by atoms with E-state index in [4.69, 9.17) is 10.5 Å². The van der Waals surface area contributed by atoms with Gasteiger partial charge in [0, 0.05) is 31.2 Å². The number of hydrogen-bond acceptors (Lipinski definition) is 4. The van der Waals surface area contributed by atoms with Gasteiger partial charge < -0.3 is 15.6 Å². The van der Waals surface area contributed by atoms with Crippen molar-refractivity contribution in [3.63, 3.8) is 0 Å². The molecule has 3 N–H and O–H groups in total. The van der Waals surface area contributed by atoms with Crippen molar-refractivity contribution in [2.75, 3.05) is 39.5 Å². The molecule has 0 spiro atoms. The third kappa shape index (κ3) is 1.82. The van der Waals surface area contributed by atoms with Crippen LogP contribution in [0.25, 0.3) is 0 Å². The summed E-state index contributed by atoms with van der Waals surface area (Å²) in [6.45, 7) is 11.7. The molecule has 3 rings (SSSR count). The number of morpholine rings is 1. The average molecular weight is 296 g/mol. The van der Waals surface area contributed by atoms with E-state index in [1.54, 1.807) is 0 Å². The molecule has 2 saturated carbocycles. The molecule has 4 heteroatoms. The fourth-order valence-corrected chi connectivity index (χ4v) is 6.07. The molecule has 0 aromatic rings. The Kier molecular flexibility index (Phi) is 3.89. The number of ether oxygens (including phenoxy) is 1. The number of hydrogen-bond donors (Lipinski definition) is 2. The molecule has 2 aliphatic carbocycles. The summed E-state index contributed by atoms with van der Waals surface area (Å²) in [6, 6.07) is 0. The first-order valence-corrected chi connectivity index (χ1v) is 8.58. The first-order valence-electron chi connectivity index (χ1n) is 8.58. The van der Waals surface area contributed by atoms with Gasteiger partial charge in [-0.25, -0.2) is 0 Å². The van der Waals surface area contributed by atoms with Gasteiger partial charge in [-0.1, -0.05) is 20.8 Å². The molecular weight excluding hydrogens is 264 g/mol. The molecular formula is C17H32N2O2. The molecule has 0 radical (unpaired) electrons. The van der Waals surface area contributed by atoms with Crippen LogP contribution in [0.5, 0.6) is 0 Å². The summed E-state index contributed by atoms with van der Waals surface area (Å²) in [5.74, 6) is 0.927. The molecule has 1 heterocycles. The van der Waals surface area contributed by atoms with E-state index >= 15 is 0 Å². The van der Waals surface area contributed by atoms with Crippen LogP contribution >= 0.6 is 0 Å². The Labute approximate surface area is 129 Å². The van der Waals surface area contributed by atoms with Gasteiger partial charge in [-0.05, 0) is 42.6 Å². The van der Waals surface area contributed by atoms with Crippen molar-refractivity contribution in [2.45, 2.75) is 45.6 Å². The highest BCUT2D eigenvalue weighted by molar-refractivity contribution is 5.23. The SMILES string of the molecule is CC1(C)[C@H]2CC[C@@]1(C)[C@]([C@H](CN)CO)(N1CCOCC1)C2. The molecule has 4 atom stereocenters. The first kappa shape index (κ1) is 15.7. The van der Waals surface area contributed by atoms with Crippen LogP contribution in [0.1, 0.15) is 40.0 Å². The second-order valence-electron chi connectivity index (χ2n) is 8.13. The van der Waals surface area contributed by atoms with Crippen LogP contribution < -0.4 is 5.73 Å². The van der Waals surface area contributed by atoms with Gasteiger partial charge in [-0.15, -0.1) is 0 Å². The van der Waals surface area contributed by atoms with Crippen LogP contribution in [0.3, 0.4) is 0 Å². The minimum atomic E-state index is 0.0483. The van der Waals surface area contributed by atoms with E-state index in [0.717, 1.165) is 32.2 Å². The van der Waals surface area contributed by atoms with Crippen molar-refractivity contribution >= 4 is 0 Å². The Morgan fingerprint density at radius 2 is 1.95 bits per heavy atom. The third-order valence-electron chi connectivity index (χ3n) is 7.70. The number of fused-ring (bicyclic) bond motifs is 2. The zero-order valence-electron chi connectivity index (χ0n) is 13.9. The molecule has 3 aliphatic rings. The van der Waals surface area contributed by atoms with E-state index in [9.17, 15) is 5.11 Å². The zero-order chi connectivity index (χ0) is 15.3. The minimum absolute atomic E-state index is 0.0483. The van der Waals surface area contributed by atoms with E-state index in [0.29, 0.717) is 12.0 Å². The van der Waals surface area contributed by atoms with Gasteiger partial charge in [0.25, 0.3) is 0 Å². The number of nitrogens with zero attached hydrogens (tertiary/aromatic N) is 1. The fourth-order valence-electron chi connectivity index (χ4n) is 6.07. The van der Waals surface area contributed by atoms with Crippen LogP contribution in [0.15, 0.2) is 0 Å². The lowest BCUT2D eigenvalue weighted by atomic mass is 9.57. The predicted octanol–water partition coefficient (Wildman–Crippen LogP) is 1.47. The van der Waals surface area contributed by atoms with Crippen LogP contribution in [0, 0.1) is 22.7 Å². The van der Waals surface area contributed by atoms with Gasteiger partial charge >= 0.3 is 0 Å². The van der Waals surface area contributed by atoms with Crippen molar-refractivity contribution in [1.29, 1.82) is 0 Å². The molecule has 0 aromatic heterocycles. The molecule has 0 aromatic carbocycles. The van der Waals surface area contributed by atoms with Gasteiger partial charge in [0.2, 0.25) is 0 Å². The molecule has 21 heavy (non-hydrogen) atoms. The standard InChI is InChI=1S/C17H32N2O2/c1-15(2)13-4-5-16(15,3)17(10-13,14(11-18)12-20)19-6-8-21-9-7-19/h13-14,20H,4-12,18H2,1-3H3/t13-,14+,16+,17-/m0/s1. The average Bonchev–Trinajstić information content (AvgIpc) is 2.81. The Hall–Kier alpha value is -0.160. The molecule has 1 aliphatic heterocycles. The molecule has 122 valence electrons. The summed E-state index contributed by atoms with van der Waals surface area (Å²) in [7, 11) is 0. The first-order chi connectivity index (χ1) is 9.94. The summed E-state index contributed by atoms with van der Waals surface area (Å²) in [5, 5.41) is 10.1. The maximum absolute atomic E-state index is 10.1. The Balaban J connectivity index is 2.06. The van der Waals surface area contributed by atoms with Crippen LogP contribution in [0.2, 0.25) is 0 Å². The molecule has 4 nitrogen and oxygen atoms in total. The Morgan fingerprint density at radius 1 is 1.29 bits per heavy atom. The molecule has 1 saturated heterocycles. The molecule has 0 amide bonds. The summed E-state index contributed by atoms with van der Waals surface area (Å²) < 4.78 is 5.58. The van der Waals surface area contributed by atoms with Crippen LogP contribution in [-0.2, 0) is 4.74 Å². The highest BCUT2D eigenvalue weighted by atomic mass is 16.5. The van der Waals surface area contributed by atoms with Crippen molar-refractivity contribution < 1.29 is 9.84 Å². The topological polar surface area (TPSA) is 58.7 Å². The number of nitrogens with two attached hydrogens (primary N) is 1. The van der Waals surface area contributed by atoms with Gasteiger partial charge in [-0.3, -0.25) is 4.90 Å². The summed E-state index contributed by atoms with van der Waals surface area (Å²) >= 11 is 0. The van der Waals surface area contributed by atoms with E-state index in [1.807, 2.05) is 0 Å². The van der Waals surface area contributed by atoms with Crippen LogP contribution in [-0.4, -0.2) is 55.0 Å². The van der Waals surface area contributed by atoms with Gasteiger partial charge in [0.15, 0.2) is 0 Å². The van der Waals surface area contributed by atoms with Gasteiger partial charge in [0.1, 0.15) is 0 Å². The van der Waals surface area contributed by atoms with Crippen molar-refractivity contribution in [1.82, 2.24) is 4.90 Å². The Bertz CT molecular complexity index is 390. The highest BCUT2D eigenvalue weighted by Gasteiger charge is 2.71. The Morgan fingerprint density at radius 3 is 2.38 bits per heavy atom. The third-order valence-corrected chi connectivity index (χ3v) is 7.70. The number of rotatable bonds is 4. The van der Waals surface area contributed by atoms with E-state index in [-0.39, 0.29) is 23.5 Å². The lowest BCUT2D eigenvalue weighted by molar-refractivity contribution is -0.125. The van der Waals surface area contributed by atoms with Crippen LogP contribution in [0.4, 0.5) is 0 Å². The molecule has 0 unspecified atom stereocenters. The monoisotopic (exact) mass is 296 g/mol. The molecule has 3 fully saturated rings. The zero-order valence-corrected chi connectivity index (χ0v) is 13.9. The van der Waals surface area contributed by atoms with Crippen molar-refractivity contribution in [3.8, 4) is 0 Å². The fraction of sp³-hybridized carbons (Fsp3) is 1.00. The summed E-state index contributed by atoms with van der Waals surface area (Å²) in [6.07, 6.45) is 3.79. The van der Waals surface area contributed by atoms with Gasteiger partial charge in [-0.2, -0.15) is 0 Å². The van der Waals surface area contributed by atoms with E-state index < -0.39 is 0 Å². The normalized spacial score (nSPS) is 44.1. The second-order valence-corrected chi connectivity index (χ2v) is 8.13.